The number of rotatable bonds is 5. The maximum Gasteiger partial charge on any atom is 0.139 e. The van der Waals surface area contributed by atoms with Crippen molar-refractivity contribution in [1.29, 1.82) is 0 Å². The van der Waals surface area contributed by atoms with Crippen molar-refractivity contribution in [2.75, 3.05) is 0 Å². The lowest BCUT2D eigenvalue weighted by Crippen LogP contribution is -2.37. The molecule has 0 atom stereocenters. The average Bonchev–Trinajstić information content (AvgIpc) is 2.54. The summed E-state index contributed by atoms with van der Waals surface area (Å²) in [5.41, 5.74) is 0.954. The predicted molar refractivity (Wildman–Crippen MR) is 107 cm³/mol. The van der Waals surface area contributed by atoms with Crippen molar-refractivity contribution in [3.05, 3.63) is 60.7 Å². The Morgan fingerprint density at radius 1 is 0.870 bits per heavy atom. The summed E-state index contributed by atoms with van der Waals surface area (Å²) < 4.78 is 0. The summed E-state index contributed by atoms with van der Waals surface area (Å²) in [6.45, 7) is 8.45. The maximum absolute atomic E-state index is 6.31. The lowest BCUT2D eigenvalue weighted by atomic mass is 10.4. The summed E-state index contributed by atoms with van der Waals surface area (Å²) in [5, 5.41) is 5.89. The van der Waals surface area contributed by atoms with Crippen LogP contribution in [0.5, 0.6) is 0 Å². The molecule has 122 valence electrons. The normalized spacial score (nSPS) is 12.7. The fourth-order valence-electron chi connectivity index (χ4n) is 2.38. The standard InChI is InChI=1S/C19H25N2PS/c1-15(2)20-19(21-16(3)4)22(23,17-11-7-5-8-12-17)18-13-9-6-10-14-18/h5-16H,1-4H3,(H,20,21). The first-order chi connectivity index (χ1) is 10.9. The minimum atomic E-state index is -2.17. The van der Waals surface area contributed by atoms with Crippen LogP contribution in [0.2, 0.25) is 0 Å². The predicted octanol–water partition coefficient (Wildman–Crippen LogP) is 3.88. The second kappa shape index (κ2) is 7.90. The van der Waals surface area contributed by atoms with E-state index in [0.29, 0.717) is 6.04 Å². The van der Waals surface area contributed by atoms with Gasteiger partial charge in [-0.25, -0.2) is 0 Å². The molecule has 0 fully saturated rings. The molecule has 4 heteroatoms. The van der Waals surface area contributed by atoms with E-state index >= 15 is 0 Å². The van der Waals surface area contributed by atoms with Gasteiger partial charge < -0.3 is 5.32 Å². The van der Waals surface area contributed by atoms with Crippen LogP contribution in [0.15, 0.2) is 65.7 Å². The molecular formula is C19H25N2PS. The molecule has 0 unspecified atom stereocenters. The van der Waals surface area contributed by atoms with Crippen LogP contribution in [-0.2, 0) is 11.8 Å². The summed E-state index contributed by atoms with van der Waals surface area (Å²) in [6, 6.07) is 19.1. The van der Waals surface area contributed by atoms with E-state index in [9.17, 15) is 0 Å². The molecule has 0 aromatic heterocycles. The molecule has 0 aliphatic carbocycles. The van der Waals surface area contributed by atoms with Gasteiger partial charge in [-0.2, -0.15) is 0 Å². The van der Waals surface area contributed by atoms with Crippen LogP contribution < -0.4 is 15.9 Å². The molecule has 1 N–H and O–H groups in total. The SMILES string of the molecule is CC(C)N=C(NC(C)C)P(=S)(c1ccccc1)c1ccccc1. The molecule has 2 rings (SSSR count). The summed E-state index contributed by atoms with van der Waals surface area (Å²) in [4.78, 5) is 4.89. The molecule has 2 nitrogen and oxygen atoms in total. The Kier molecular flexibility index (Phi) is 6.15. The van der Waals surface area contributed by atoms with Crippen molar-refractivity contribution in [2.24, 2.45) is 4.99 Å². The van der Waals surface area contributed by atoms with Gasteiger partial charge in [-0.1, -0.05) is 72.5 Å². The lowest BCUT2D eigenvalue weighted by molar-refractivity contribution is 0.727. The first kappa shape index (κ1) is 17.9. The monoisotopic (exact) mass is 344 g/mol. The second-order valence-electron chi connectivity index (χ2n) is 6.13. The highest BCUT2D eigenvalue weighted by molar-refractivity contribution is 8.29. The van der Waals surface area contributed by atoms with Gasteiger partial charge in [0.25, 0.3) is 0 Å². The number of amidine groups is 1. The zero-order chi connectivity index (χ0) is 16.9. The Hall–Kier alpha value is -1.44. The Morgan fingerprint density at radius 3 is 1.65 bits per heavy atom. The van der Waals surface area contributed by atoms with Crippen molar-refractivity contribution in [2.45, 2.75) is 39.8 Å². The fraction of sp³-hybridized carbons (Fsp3) is 0.316. The van der Waals surface area contributed by atoms with Crippen molar-refractivity contribution in [1.82, 2.24) is 5.32 Å². The molecule has 23 heavy (non-hydrogen) atoms. The Labute approximate surface area is 145 Å². The van der Waals surface area contributed by atoms with Gasteiger partial charge in [0.15, 0.2) is 0 Å². The van der Waals surface area contributed by atoms with Gasteiger partial charge in [-0.05, 0) is 38.3 Å². The first-order valence-electron chi connectivity index (χ1n) is 8.00. The first-order valence-corrected chi connectivity index (χ1v) is 10.8. The number of hydrogen-bond acceptors (Lipinski definition) is 2. The van der Waals surface area contributed by atoms with Crippen LogP contribution in [0.1, 0.15) is 27.7 Å². The van der Waals surface area contributed by atoms with Crippen LogP contribution in [0, 0.1) is 0 Å². The van der Waals surface area contributed by atoms with Gasteiger partial charge in [0.1, 0.15) is 5.58 Å². The topological polar surface area (TPSA) is 24.4 Å². The highest BCUT2D eigenvalue weighted by Gasteiger charge is 2.29. The number of nitrogens with zero attached hydrogens (tertiary/aromatic N) is 1. The zero-order valence-electron chi connectivity index (χ0n) is 14.2. The molecule has 0 spiro atoms. The average molecular weight is 344 g/mol. The molecular weight excluding hydrogens is 319 g/mol. The highest BCUT2D eigenvalue weighted by Crippen LogP contribution is 2.45. The van der Waals surface area contributed by atoms with Gasteiger partial charge in [0.2, 0.25) is 0 Å². The molecule has 0 heterocycles. The smallest absolute Gasteiger partial charge is 0.139 e. The van der Waals surface area contributed by atoms with Crippen LogP contribution in [0.3, 0.4) is 0 Å². The third kappa shape index (κ3) is 4.31. The minimum Gasteiger partial charge on any atom is -0.367 e. The van der Waals surface area contributed by atoms with E-state index in [1.807, 2.05) is 12.1 Å². The van der Waals surface area contributed by atoms with Gasteiger partial charge in [0.05, 0.1) is 6.04 Å². The van der Waals surface area contributed by atoms with E-state index in [1.54, 1.807) is 0 Å². The second-order valence-corrected chi connectivity index (χ2v) is 10.4. The van der Waals surface area contributed by atoms with E-state index in [2.05, 4.69) is 81.5 Å². The van der Waals surface area contributed by atoms with E-state index < -0.39 is 6.04 Å². The maximum atomic E-state index is 6.31. The van der Waals surface area contributed by atoms with Crippen LogP contribution in [-0.4, -0.2) is 17.7 Å². The molecule has 0 aliphatic rings. The van der Waals surface area contributed by atoms with Gasteiger partial charge >= 0.3 is 0 Å². The molecule has 0 aliphatic heterocycles. The lowest BCUT2D eigenvalue weighted by Gasteiger charge is -2.28. The number of nitrogens with one attached hydrogen (secondary N) is 1. The third-order valence-electron chi connectivity index (χ3n) is 3.34. The van der Waals surface area contributed by atoms with Crippen molar-refractivity contribution >= 4 is 34.0 Å². The van der Waals surface area contributed by atoms with Crippen molar-refractivity contribution < 1.29 is 0 Å². The van der Waals surface area contributed by atoms with E-state index in [0.717, 1.165) is 5.58 Å². The summed E-state index contributed by atoms with van der Waals surface area (Å²) in [6.07, 6.45) is 0. The van der Waals surface area contributed by atoms with Gasteiger partial charge in [0, 0.05) is 12.1 Å². The van der Waals surface area contributed by atoms with Gasteiger partial charge in [-0.15, -0.1) is 0 Å². The minimum absolute atomic E-state index is 0.200. The summed E-state index contributed by atoms with van der Waals surface area (Å²) in [5.74, 6) is 0. The molecule has 0 radical (unpaired) electrons. The summed E-state index contributed by atoms with van der Waals surface area (Å²) >= 11 is 6.31. The third-order valence-corrected chi connectivity index (χ3v) is 8.01. The fourth-order valence-corrected chi connectivity index (χ4v) is 6.22. The van der Waals surface area contributed by atoms with Crippen molar-refractivity contribution in [3.8, 4) is 0 Å². The van der Waals surface area contributed by atoms with Crippen LogP contribution in [0.25, 0.3) is 0 Å². The van der Waals surface area contributed by atoms with Crippen LogP contribution in [0.4, 0.5) is 0 Å². The number of benzene rings is 2. The molecule has 0 amide bonds. The Balaban J connectivity index is 2.68. The Morgan fingerprint density at radius 2 is 1.30 bits per heavy atom. The molecule has 2 aromatic carbocycles. The largest absolute Gasteiger partial charge is 0.367 e. The Bertz CT molecular complexity index is 650. The van der Waals surface area contributed by atoms with E-state index in [1.165, 1.54) is 10.6 Å². The summed E-state index contributed by atoms with van der Waals surface area (Å²) in [7, 11) is 0. The number of aliphatic imine (C=N–C) groups is 1. The quantitative estimate of drug-likeness (QED) is 0.506. The van der Waals surface area contributed by atoms with E-state index in [-0.39, 0.29) is 6.04 Å². The van der Waals surface area contributed by atoms with Crippen molar-refractivity contribution in [3.63, 3.8) is 0 Å². The highest BCUT2D eigenvalue weighted by atomic mass is 32.4. The van der Waals surface area contributed by atoms with Crippen LogP contribution >= 0.6 is 6.04 Å². The molecule has 0 saturated carbocycles. The molecule has 0 saturated heterocycles. The molecule has 2 aromatic rings. The number of hydrogen-bond donors (Lipinski definition) is 1. The van der Waals surface area contributed by atoms with E-state index in [4.69, 9.17) is 16.8 Å². The molecule has 0 bridgehead atoms. The zero-order valence-corrected chi connectivity index (χ0v) is 15.9. The van der Waals surface area contributed by atoms with Gasteiger partial charge in [-0.3, -0.25) is 4.99 Å².